The Hall–Kier alpha value is -1.10. The lowest BCUT2D eigenvalue weighted by atomic mass is 10.4. The molecule has 5 heteroatoms. The Morgan fingerprint density at radius 2 is 1.88 bits per heavy atom. The van der Waals surface area contributed by atoms with Crippen LogP contribution in [-0.4, -0.2) is 20.8 Å². The van der Waals surface area contributed by atoms with Crippen molar-refractivity contribution in [2.45, 2.75) is 11.0 Å². The molecule has 0 aliphatic rings. The quantitative estimate of drug-likeness (QED) is 0.865. The highest BCUT2D eigenvalue weighted by molar-refractivity contribution is 7.99. The zero-order chi connectivity index (χ0) is 12.1. The third kappa shape index (κ3) is 3.43. The smallest absolute Gasteiger partial charge is 0.157 e. The van der Waals surface area contributed by atoms with E-state index in [1.165, 1.54) is 11.8 Å². The van der Waals surface area contributed by atoms with Gasteiger partial charge < -0.3 is 5.11 Å². The summed E-state index contributed by atoms with van der Waals surface area (Å²) in [5.74, 6) is 0.917. The molecule has 2 aromatic rings. The number of halogens is 1. The first-order valence-corrected chi connectivity index (χ1v) is 6.46. The predicted molar refractivity (Wildman–Crippen MR) is 69.2 cm³/mol. The van der Waals surface area contributed by atoms with Crippen molar-refractivity contribution in [2.75, 3.05) is 5.75 Å². The number of rotatable bonds is 4. The molecular formula is C12H11ClN2OS. The van der Waals surface area contributed by atoms with Crippen molar-refractivity contribution in [3.8, 4) is 0 Å². The second kappa shape index (κ2) is 6.00. The van der Waals surface area contributed by atoms with Gasteiger partial charge in [0.15, 0.2) is 5.82 Å². The number of hydrogen-bond donors (Lipinski definition) is 1. The van der Waals surface area contributed by atoms with E-state index < -0.39 is 6.10 Å². The van der Waals surface area contributed by atoms with Crippen molar-refractivity contribution < 1.29 is 5.11 Å². The summed E-state index contributed by atoms with van der Waals surface area (Å²) in [5, 5.41) is 10.6. The lowest BCUT2D eigenvalue weighted by Crippen LogP contribution is -2.05. The van der Waals surface area contributed by atoms with Crippen LogP contribution in [0.15, 0.2) is 47.6 Å². The Balaban J connectivity index is 1.97. The van der Waals surface area contributed by atoms with Crippen LogP contribution in [0.2, 0.25) is 5.02 Å². The zero-order valence-corrected chi connectivity index (χ0v) is 10.5. The molecule has 0 radical (unpaired) electrons. The largest absolute Gasteiger partial charge is 0.384 e. The molecule has 3 nitrogen and oxygen atoms in total. The van der Waals surface area contributed by atoms with Crippen molar-refractivity contribution in [3.05, 3.63) is 53.6 Å². The number of nitrogens with zero attached hydrogens (tertiary/aromatic N) is 2. The van der Waals surface area contributed by atoms with Gasteiger partial charge in [-0.2, -0.15) is 0 Å². The van der Waals surface area contributed by atoms with Gasteiger partial charge in [0.25, 0.3) is 0 Å². The van der Waals surface area contributed by atoms with Crippen molar-refractivity contribution in [2.24, 2.45) is 0 Å². The van der Waals surface area contributed by atoms with Crippen molar-refractivity contribution in [3.63, 3.8) is 0 Å². The molecule has 17 heavy (non-hydrogen) atoms. The maximum Gasteiger partial charge on any atom is 0.157 e. The number of aliphatic hydroxyl groups is 1. The fraction of sp³-hybridized carbons (Fsp3) is 0.167. The molecule has 0 aliphatic carbocycles. The Morgan fingerprint density at radius 3 is 2.59 bits per heavy atom. The molecule has 0 spiro atoms. The van der Waals surface area contributed by atoms with Gasteiger partial charge in [-0.3, -0.25) is 0 Å². The Kier molecular flexibility index (Phi) is 4.36. The number of thioether (sulfide) groups is 1. The van der Waals surface area contributed by atoms with Gasteiger partial charge in [0, 0.05) is 23.0 Å². The van der Waals surface area contributed by atoms with E-state index in [1.54, 1.807) is 18.5 Å². The Morgan fingerprint density at radius 1 is 1.18 bits per heavy atom. The van der Waals surface area contributed by atoms with Gasteiger partial charge in [0.2, 0.25) is 0 Å². The van der Waals surface area contributed by atoms with Gasteiger partial charge in [0.05, 0.1) is 5.02 Å². The van der Waals surface area contributed by atoms with Gasteiger partial charge in [-0.05, 0) is 18.2 Å². The molecular weight excluding hydrogens is 256 g/mol. The molecule has 0 saturated carbocycles. The van der Waals surface area contributed by atoms with E-state index in [0.29, 0.717) is 16.6 Å². The number of aliphatic hydroxyl groups excluding tert-OH is 1. The predicted octanol–water partition coefficient (Wildman–Crippen LogP) is 2.96. The molecule has 2 rings (SSSR count). The fourth-order valence-corrected chi connectivity index (χ4v) is 2.45. The topological polar surface area (TPSA) is 46.0 Å². The second-order valence-electron chi connectivity index (χ2n) is 3.36. The minimum absolute atomic E-state index is 0.437. The monoisotopic (exact) mass is 266 g/mol. The maximum atomic E-state index is 9.88. The van der Waals surface area contributed by atoms with Gasteiger partial charge in [-0.1, -0.05) is 23.7 Å². The molecule has 0 amide bonds. The van der Waals surface area contributed by atoms with Crippen molar-refractivity contribution in [1.82, 2.24) is 9.97 Å². The summed E-state index contributed by atoms with van der Waals surface area (Å²) in [6.07, 6.45) is 2.55. The molecule has 0 fully saturated rings. The molecule has 1 atom stereocenters. The molecule has 88 valence electrons. The summed E-state index contributed by atoms with van der Waals surface area (Å²) in [5.41, 5.74) is 0. The standard InChI is InChI=1S/C12H11ClN2OS/c13-9-4-1-2-5-11(9)17-8-10(16)12-14-6-3-7-15-12/h1-7,10,16H,8H2. The summed E-state index contributed by atoms with van der Waals surface area (Å²) in [4.78, 5) is 8.96. The fourth-order valence-electron chi connectivity index (χ4n) is 1.29. The molecule has 0 aliphatic heterocycles. The van der Waals surface area contributed by atoms with Crippen LogP contribution in [-0.2, 0) is 0 Å². The van der Waals surface area contributed by atoms with E-state index in [4.69, 9.17) is 11.6 Å². The minimum atomic E-state index is -0.683. The molecule has 0 bridgehead atoms. The van der Waals surface area contributed by atoms with Crippen LogP contribution in [0.1, 0.15) is 11.9 Å². The van der Waals surface area contributed by atoms with Crippen LogP contribution >= 0.6 is 23.4 Å². The van der Waals surface area contributed by atoms with E-state index in [0.717, 1.165) is 4.90 Å². The lowest BCUT2D eigenvalue weighted by Gasteiger charge is -2.09. The van der Waals surface area contributed by atoms with Crippen molar-refractivity contribution in [1.29, 1.82) is 0 Å². The van der Waals surface area contributed by atoms with E-state index >= 15 is 0 Å². The maximum absolute atomic E-state index is 9.88. The third-order valence-electron chi connectivity index (χ3n) is 2.12. The van der Waals surface area contributed by atoms with Gasteiger partial charge >= 0.3 is 0 Å². The van der Waals surface area contributed by atoms with E-state index in [-0.39, 0.29) is 0 Å². The van der Waals surface area contributed by atoms with Crippen LogP contribution in [0.5, 0.6) is 0 Å². The highest BCUT2D eigenvalue weighted by atomic mass is 35.5. The highest BCUT2D eigenvalue weighted by Crippen LogP contribution is 2.29. The first-order valence-electron chi connectivity index (χ1n) is 5.09. The third-order valence-corrected chi connectivity index (χ3v) is 3.71. The van der Waals surface area contributed by atoms with E-state index in [1.807, 2.05) is 24.3 Å². The van der Waals surface area contributed by atoms with Gasteiger partial charge in [-0.25, -0.2) is 9.97 Å². The summed E-state index contributed by atoms with van der Waals surface area (Å²) in [7, 11) is 0. The average molecular weight is 267 g/mol. The van der Waals surface area contributed by atoms with Gasteiger partial charge in [-0.15, -0.1) is 11.8 Å². The van der Waals surface area contributed by atoms with Crippen LogP contribution in [0.25, 0.3) is 0 Å². The highest BCUT2D eigenvalue weighted by Gasteiger charge is 2.11. The molecule has 1 heterocycles. The minimum Gasteiger partial charge on any atom is -0.384 e. The molecule has 1 aromatic heterocycles. The van der Waals surface area contributed by atoms with Crippen LogP contribution in [0.3, 0.4) is 0 Å². The van der Waals surface area contributed by atoms with Crippen LogP contribution < -0.4 is 0 Å². The number of aromatic nitrogens is 2. The molecule has 1 unspecified atom stereocenters. The summed E-state index contributed by atoms with van der Waals surface area (Å²) >= 11 is 7.51. The molecule has 1 aromatic carbocycles. The zero-order valence-electron chi connectivity index (χ0n) is 8.95. The Labute approximate surface area is 109 Å². The second-order valence-corrected chi connectivity index (χ2v) is 4.83. The van der Waals surface area contributed by atoms with E-state index in [2.05, 4.69) is 9.97 Å². The van der Waals surface area contributed by atoms with Crippen LogP contribution in [0.4, 0.5) is 0 Å². The average Bonchev–Trinajstić information content (AvgIpc) is 2.38. The Bertz CT molecular complexity index is 481. The SMILES string of the molecule is OC(CSc1ccccc1Cl)c1ncccn1. The number of hydrogen-bond acceptors (Lipinski definition) is 4. The first kappa shape index (κ1) is 12.4. The number of benzene rings is 1. The lowest BCUT2D eigenvalue weighted by molar-refractivity contribution is 0.193. The normalized spacial score (nSPS) is 12.4. The summed E-state index contributed by atoms with van der Waals surface area (Å²) < 4.78 is 0. The van der Waals surface area contributed by atoms with Crippen molar-refractivity contribution >= 4 is 23.4 Å². The summed E-state index contributed by atoms with van der Waals surface area (Å²) in [6.45, 7) is 0. The summed E-state index contributed by atoms with van der Waals surface area (Å²) in [6, 6.07) is 9.26. The van der Waals surface area contributed by atoms with Gasteiger partial charge in [0.1, 0.15) is 6.10 Å². The molecule has 1 N–H and O–H groups in total. The molecule has 0 saturated heterocycles. The first-order chi connectivity index (χ1) is 8.27. The van der Waals surface area contributed by atoms with E-state index in [9.17, 15) is 5.11 Å². The van der Waals surface area contributed by atoms with Crippen LogP contribution in [0, 0.1) is 0 Å².